The summed E-state index contributed by atoms with van der Waals surface area (Å²) in [6, 6.07) is 15.7. The molecule has 0 aliphatic carbocycles. The third-order valence-electron chi connectivity index (χ3n) is 4.49. The fourth-order valence-corrected chi connectivity index (χ4v) is 3.83. The van der Waals surface area contributed by atoms with Gasteiger partial charge in [0, 0.05) is 31.5 Å². The minimum Gasteiger partial charge on any atom is -0.371 e. The van der Waals surface area contributed by atoms with E-state index in [1.807, 2.05) is 24.3 Å². The molecule has 1 saturated heterocycles. The van der Waals surface area contributed by atoms with Gasteiger partial charge in [0.1, 0.15) is 5.69 Å². The molecule has 3 heterocycles. The molecule has 7 nitrogen and oxygen atoms in total. The van der Waals surface area contributed by atoms with Gasteiger partial charge >= 0.3 is 6.03 Å². The number of rotatable bonds is 5. The molecule has 2 N–H and O–H groups in total. The van der Waals surface area contributed by atoms with Crippen LogP contribution in [0.15, 0.2) is 54.7 Å². The molecule has 4 rings (SSSR count). The quantitative estimate of drug-likeness (QED) is 0.710. The smallest absolute Gasteiger partial charge is 0.321 e. The Hall–Kier alpha value is -3.00. The Labute approximate surface area is 161 Å². The highest BCUT2D eigenvalue weighted by Crippen LogP contribution is 2.25. The molecule has 0 saturated carbocycles. The van der Waals surface area contributed by atoms with Crippen molar-refractivity contribution in [3.8, 4) is 10.7 Å². The lowest BCUT2D eigenvalue weighted by Gasteiger charge is -2.18. The standard InChI is InChI=1S/C19H20N6OS/c26-18(22-19-24-23-17(27-19)16-8-4-5-10-20-16)21-12-14-9-11-25(13-14)15-6-2-1-3-7-15/h1-8,10,14H,9,11-13H2,(H2,21,22,24,26). The molecule has 2 aromatic heterocycles. The highest BCUT2D eigenvalue weighted by Gasteiger charge is 2.23. The van der Waals surface area contributed by atoms with Gasteiger partial charge in [-0.1, -0.05) is 35.6 Å². The van der Waals surface area contributed by atoms with Crippen LogP contribution >= 0.6 is 11.3 Å². The lowest BCUT2D eigenvalue weighted by Crippen LogP contribution is -2.34. The number of aromatic nitrogens is 3. The van der Waals surface area contributed by atoms with Gasteiger partial charge in [0.2, 0.25) is 5.13 Å². The van der Waals surface area contributed by atoms with Gasteiger partial charge in [0.05, 0.1) is 0 Å². The molecule has 138 valence electrons. The van der Waals surface area contributed by atoms with Crippen molar-refractivity contribution in [1.29, 1.82) is 0 Å². The summed E-state index contributed by atoms with van der Waals surface area (Å²) in [7, 11) is 0. The van der Waals surface area contributed by atoms with Crippen LogP contribution in [0.2, 0.25) is 0 Å². The zero-order chi connectivity index (χ0) is 18.5. The second kappa shape index (κ2) is 8.13. The van der Waals surface area contributed by atoms with Crippen molar-refractivity contribution in [3.63, 3.8) is 0 Å². The Balaban J connectivity index is 1.25. The van der Waals surface area contributed by atoms with Crippen molar-refractivity contribution in [1.82, 2.24) is 20.5 Å². The molecular weight excluding hydrogens is 360 g/mol. The summed E-state index contributed by atoms with van der Waals surface area (Å²) in [6.45, 7) is 2.61. The summed E-state index contributed by atoms with van der Waals surface area (Å²) in [5.41, 5.74) is 1.98. The lowest BCUT2D eigenvalue weighted by atomic mass is 10.1. The maximum Gasteiger partial charge on any atom is 0.321 e. The average molecular weight is 380 g/mol. The van der Waals surface area contributed by atoms with Crippen LogP contribution in [-0.2, 0) is 0 Å². The van der Waals surface area contributed by atoms with Crippen molar-refractivity contribution < 1.29 is 4.79 Å². The molecule has 2 amide bonds. The first kappa shape index (κ1) is 17.4. The Bertz CT molecular complexity index is 885. The topological polar surface area (TPSA) is 83.0 Å². The number of para-hydroxylation sites is 1. The largest absolute Gasteiger partial charge is 0.371 e. The number of carbonyl (C=O) groups excluding carboxylic acids is 1. The van der Waals surface area contributed by atoms with E-state index in [0.29, 0.717) is 22.6 Å². The van der Waals surface area contributed by atoms with Crippen LogP contribution in [0.4, 0.5) is 15.6 Å². The van der Waals surface area contributed by atoms with Gasteiger partial charge < -0.3 is 10.2 Å². The van der Waals surface area contributed by atoms with E-state index in [-0.39, 0.29) is 6.03 Å². The van der Waals surface area contributed by atoms with Crippen molar-refractivity contribution in [2.24, 2.45) is 5.92 Å². The van der Waals surface area contributed by atoms with E-state index in [0.717, 1.165) is 25.2 Å². The van der Waals surface area contributed by atoms with E-state index < -0.39 is 0 Å². The molecule has 3 aromatic rings. The van der Waals surface area contributed by atoms with Crippen LogP contribution in [-0.4, -0.2) is 40.8 Å². The fourth-order valence-electron chi connectivity index (χ4n) is 3.12. The van der Waals surface area contributed by atoms with E-state index in [1.54, 1.807) is 6.20 Å². The van der Waals surface area contributed by atoms with Crippen molar-refractivity contribution in [2.45, 2.75) is 6.42 Å². The van der Waals surface area contributed by atoms with Gasteiger partial charge in [-0.2, -0.15) is 0 Å². The van der Waals surface area contributed by atoms with Crippen molar-refractivity contribution in [2.75, 3.05) is 29.9 Å². The van der Waals surface area contributed by atoms with Crippen LogP contribution in [0.3, 0.4) is 0 Å². The van der Waals surface area contributed by atoms with E-state index >= 15 is 0 Å². The van der Waals surface area contributed by atoms with Crippen molar-refractivity contribution >= 4 is 28.2 Å². The molecule has 0 bridgehead atoms. The SMILES string of the molecule is O=C(NCC1CCN(c2ccccc2)C1)Nc1nnc(-c2ccccn2)s1. The third kappa shape index (κ3) is 4.40. The number of hydrogen-bond acceptors (Lipinski definition) is 6. The summed E-state index contributed by atoms with van der Waals surface area (Å²) in [4.78, 5) is 18.7. The summed E-state index contributed by atoms with van der Waals surface area (Å²) < 4.78 is 0. The number of urea groups is 1. The van der Waals surface area contributed by atoms with Crippen LogP contribution in [0.5, 0.6) is 0 Å². The summed E-state index contributed by atoms with van der Waals surface area (Å²) in [5, 5.41) is 14.9. The van der Waals surface area contributed by atoms with E-state index in [1.165, 1.54) is 17.0 Å². The maximum absolute atomic E-state index is 12.2. The van der Waals surface area contributed by atoms with Crippen LogP contribution in [0, 0.1) is 5.92 Å². The zero-order valence-electron chi connectivity index (χ0n) is 14.7. The molecule has 0 radical (unpaired) electrons. The Kier molecular flexibility index (Phi) is 5.24. The lowest BCUT2D eigenvalue weighted by molar-refractivity contribution is 0.250. The summed E-state index contributed by atoms with van der Waals surface area (Å²) in [6.07, 6.45) is 2.77. The Morgan fingerprint density at radius 2 is 2.00 bits per heavy atom. The summed E-state index contributed by atoms with van der Waals surface area (Å²) in [5.74, 6) is 0.439. The average Bonchev–Trinajstić information content (AvgIpc) is 3.37. The van der Waals surface area contributed by atoms with Crippen LogP contribution in [0.1, 0.15) is 6.42 Å². The number of pyridine rings is 1. The van der Waals surface area contributed by atoms with Gasteiger partial charge in [0.25, 0.3) is 0 Å². The molecule has 1 fully saturated rings. The number of hydrogen-bond donors (Lipinski definition) is 2. The minimum absolute atomic E-state index is 0.253. The molecule has 1 aromatic carbocycles. The number of anilines is 2. The van der Waals surface area contributed by atoms with Crippen LogP contribution in [0.25, 0.3) is 10.7 Å². The fraction of sp³-hybridized carbons (Fsp3) is 0.263. The molecular formula is C19H20N6OS. The summed E-state index contributed by atoms with van der Waals surface area (Å²) >= 11 is 1.31. The van der Waals surface area contributed by atoms with E-state index in [9.17, 15) is 4.79 Å². The highest BCUT2D eigenvalue weighted by molar-refractivity contribution is 7.18. The molecule has 27 heavy (non-hydrogen) atoms. The monoisotopic (exact) mass is 380 g/mol. The number of benzene rings is 1. The van der Waals surface area contributed by atoms with Gasteiger partial charge in [-0.15, -0.1) is 10.2 Å². The number of carbonyl (C=O) groups is 1. The predicted molar refractivity (Wildman–Crippen MR) is 107 cm³/mol. The minimum atomic E-state index is -0.253. The molecule has 1 aliphatic heterocycles. The first-order chi connectivity index (χ1) is 13.3. The second-order valence-corrected chi connectivity index (χ2v) is 7.38. The highest BCUT2D eigenvalue weighted by atomic mass is 32.1. The first-order valence-electron chi connectivity index (χ1n) is 8.88. The zero-order valence-corrected chi connectivity index (χ0v) is 15.5. The van der Waals surface area contributed by atoms with E-state index in [2.05, 4.69) is 55.0 Å². The molecule has 8 heteroatoms. The number of nitrogens with zero attached hydrogens (tertiary/aromatic N) is 4. The van der Waals surface area contributed by atoms with Gasteiger partial charge in [-0.05, 0) is 36.6 Å². The maximum atomic E-state index is 12.2. The van der Waals surface area contributed by atoms with Gasteiger partial charge in [-0.25, -0.2) is 4.79 Å². The van der Waals surface area contributed by atoms with Gasteiger partial charge in [0.15, 0.2) is 5.01 Å². The number of amides is 2. The van der Waals surface area contributed by atoms with Crippen LogP contribution < -0.4 is 15.5 Å². The molecule has 0 spiro atoms. The molecule has 1 aliphatic rings. The molecule has 1 atom stereocenters. The normalized spacial score (nSPS) is 16.3. The van der Waals surface area contributed by atoms with E-state index in [4.69, 9.17) is 0 Å². The first-order valence-corrected chi connectivity index (χ1v) is 9.69. The number of nitrogens with one attached hydrogen (secondary N) is 2. The Morgan fingerprint density at radius 1 is 1.15 bits per heavy atom. The second-order valence-electron chi connectivity index (χ2n) is 6.40. The van der Waals surface area contributed by atoms with Crippen molar-refractivity contribution in [3.05, 3.63) is 54.7 Å². The predicted octanol–water partition coefficient (Wildman–Crippen LogP) is 3.25. The third-order valence-corrected chi connectivity index (χ3v) is 5.35. The Morgan fingerprint density at radius 3 is 2.81 bits per heavy atom. The molecule has 1 unspecified atom stereocenters. The van der Waals surface area contributed by atoms with Gasteiger partial charge in [-0.3, -0.25) is 10.3 Å².